The Morgan fingerprint density at radius 3 is 2.61 bits per heavy atom. The van der Waals surface area contributed by atoms with E-state index in [-0.39, 0.29) is 0 Å². The summed E-state index contributed by atoms with van der Waals surface area (Å²) in [6.45, 7) is 7.74. The first-order chi connectivity index (χ1) is 8.40. The molecule has 96 valence electrons. The Morgan fingerprint density at radius 2 is 1.94 bits per heavy atom. The fourth-order valence-corrected chi connectivity index (χ4v) is 1.76. The Hall–Kier alpha value is -1.61. The van der Waals surface area contributed by atoms with Crippen molar-refractivity contribution in [1.82, 2.24) is 4.98 Å². The topological polar surface area (TPSA) is 45.2 Å². The van der Waals surface area contributed by atoms with Gasteiger partial charge in [-0.15, -0.1) is 0 Å². The molecular weight excluding hydrogens is 224 g/mol. The molecule has 2 aromatic rings. The molecule has 0 fully saturated rings. The minimum Gasteiger partial charge on any atom is -0.391 e. The second-order valence-corrected chi connectivity index (χ2v) is 5.37. The van der Waals surface area contributed by atoms with Gasteiger partial charge in [-0.1, -0.05) is 18.2 Å². The molecule has 0 radical (unpaired) electrons. The first-order valence-corrected chi connectivity index (χ1v) is 6.23. The average Bonchev–Trinajstić information content (AvgIpc) is 2.29. The van der Waals surface area contributed by atoms with Gasteiger partial charge in [0.2, 0.25) is 0 Å². The molecule has 0 saturated heterocycles. The third kappa shape index (κ3) is 2.46. The molecule has 1 aromatic carbocycles. The van der Waals surface area contributed by atoms with E-state index < -0.39 is 11.6 Å². The molecule has 0 aliphatic heterocycles. The number of aliphatic hydroxyl groups is 1. The van der Waals surface area contributed by atoms with Crippen LogP contribution in [0.3, 0.4) is 0 Å². The van der Waals surface area contributed by atoms with Crippen LogP contribution in [0.15, 0.2) is 30.3 Å². The number of rotatable bonds is 3. The minimum absolute atomic E-state index is 0.403. The fourth-order valence-electron chi connectivity index (χ4n) is 1.76. The van der Waals surface area contributed by atoms with Gasteiger partial charge < -0.3 is 10.4 Å². The van der Waals surface area contributed by atoms with Gasteiger partial charge in [0.15, 0.2) is 0 Å². The van der Waals surface area contributed by atoms with Crippen LogP contribution in [0.2, 0.25) is 0 Å². The smallest absolute Gasteiger partial charge is 0.130 e. The minimum atomic E-state index is -0.454. The second-order valence-electron chi connectivity index (χ2n) is 5.37. The SMILES string of the molecule is Cc1cc2ccccc2nc1NC(C)(C)C(C)O. The summed E-state index contributed by atoms with van der Waals surface area (Å²) < 4.78 is 0. The molecule has 0 aliphatic rings. The number of aliphatic hydroxyl groups excluding tert-OH is 1. The lowest BCUT2D eigenvalue weighted by molar-refractivity contribution is 0.133. The molecular formula is C15H20N2O. The molecule has 2 rings (SSSR count). The third-order valence-electron chi connectivity index (χ3n) is 3.40. The predicted octanol–water partition coefficient (Wildman–Crippen LogP) is 3.11. The molecule has 0 amide bonds. The van der Waals surface area contributed by atoms with E-state index in [1.54, 1.807) is 6.92 Å². The quantitative estimate of drug-likeness (QED) is 0.872. The van der Waals surface area contributed by atoms with Gasteiger partial charge in [-0.25, -0.2) is 4.98 Å². The molecule has 0 saturated carbocycles. The van der Waals surface area contributed by atoms with Crippen LogP contribution in [0.4, 0.5) is 5.82 Å². The summed E-state index contributed by atoms with van der Waals surface area (Å²) in [5, 5.41) is 14.2. The standard InChI is InChI=1S/C15H20N2O/c1-10-9-12-7-5-6-8-13(12)16-14(10)17-15(3,4)11(2)18/h5-9,11,18H,1-4H3,(H,16,17). The van der Waals surface area contributed by atoms with Crippen molar-refractivity contribution in [3.8, 4) is 0 Å². The lowest BCUT2D eigenvalue weighted by Crippen LogP contribution is -2.42. The molecule has 1 unspecified atom stereocenters. The molecule has 1 aromatic heterocycles. The van der Waals surface area contributed by atoms with Crippen molar-refractivity contribution < 1.29 is 5.11 Å². The summed E-state index contributed by atoms with van der Waals surface area (Å²) >= 11 is 0. The van der Waals surface area contributed by atoms with Gasteiger partial charge in [-0.2, -0.15) is 0 Å². The number of fused-ring (bicyclic) bond motifs is 1. The van der Waals surface area contributed by atoms with Gasteiger partial charge in [0.25, 0.3) is 0 Å². The number of nitrogens with one attached hydrogen (secondary N) is 1. The van der Waals surface area contributed by atoms with Crippen LogP contribution in [0.5, 0.6) is 0 Å². The normalized spacial score (nSPS) is 13.6. The van der Waals surface area contributed by atoms with Crippen LogP contribution in [-0.2, 0) is 0 Å². The fraction of sp³-hybridized carbons (Fsp3) is 0.400. The van der Waals surface area contributed by atoms with Crippen LogP contribution >= 0.6 is 0 Å². The van der Waals surface area contributed by atoms with E-state index in [1.165, 1.54) is 0 Å². The highest BCUT2D eigenvalue weighted by Crippen LogP contribution is 2.23. The van der Waals surface area contributed by atoms with Gasteiger partial charge in [-0.3, -0.25) is 0 Å². The van der Waals surface area contributed by atoms with Crippen molar-refractivity contribution >= 4 is 16.7 Å². The molecule has 1 atom stereocenters. The van der Waals surface area contributed by atoms with Crippen LogP contribution in [0, 0.1) is 6.92 Å². The number of aromatic nitrogens is 1. The highest BCUT2D eigenvalue weighted by atomic mass is 16.3. The number of anilines is 1. The van der Waals surface area contributed by atoms with Gasteiger partial charge >= 0.3 is 0 Å². The number of hydrogen-bond donors (Lipinski definition) is 2. The number of hydrogen-bond acceptors (Lipinski definition) is 3. The van der Waals surface area contributed by atoms with E-state index in [0.29, 0.717) is 0 Å². The molecule has 18 heavy (non-hydrogen) atoms. The molecule has 1 heterocycles. The van der Waals surface area contributed by atoms with Crippen molar-refractivity contribution in [1.29, 1.82) is 0 Å². The monoisotopic (exact) mass is 244 g/mol. The largest absolute Gasteiger partial charge is 0.391 e. The molecule has 0 spiro atoms. The summed E-state index contributed by atoms with van der Waals surface area (Å²) in [6, 6.07) is 10.2. The predicted molar refractivity (Wildman–Crippen MR) is 75.9 cm³/mol. The van der Waals surface area contributed by atoms with Crippen LogP contribution in [0.1, 0.15) is 26.3 Å². The van der Waals surface area contributed by atoms with E-state index in [9.17, 15) is 5.11 Å². The maximum atomic E-state index is 9.76. The highest BCUT2D eigenvalue weighted by molar-refractivity contribution is 5.81. The molecule has 3 nitrogen and oxygen atoms in total. The zero-order valence-corrected chi connectivity index (χ0v) is 11.4. The van der Waals surface area contributed by atoms with Crippen LogP contribution in [-0.4, -0.2) is 21.7 Å². The zero-order valence-electron chi connectivity index (χ0n) is 11.4. The van der Waals surface area contributed by atoms with E-state index in [1.807, 2.05) is 39.0 Å². The highest BCUT2D eigenvalue weighted by Gasteiger charge is 2.24. The summed E-state index contributed by atoms with van der Waals surface area (Å²) in [4.78, 5) is 4.62. The van der Waals surface area contributed by atoms with Crippen LogP contribution < -0.4 is 5.32 Å². The first-order valence-electron chi connectivity index (χ1n) is 6.23. The van der Waals surface area contributed by atoms with Gasteiger partial charge in [0, 0.05) is 5.39 Å². The van der Waals surface area contributed by atoms with Crippen molar-refractivity contribution in [2.45, 2.75) is 39.3 Å². The van der Waals surface area contributed by atoms with Gasteiger partial charge in [-0.05, 0) is 45.4 Å². The Balaban J connectivity index is 2.42. The van der Waals surface area contributed by atoms with Crippen molar-refractivity contribution in [3.63, 3.8) is 0 Å². The average molecular weight is 244 g/mol. The van der Waals surface area contributed by atoms with Gasteiger partial charge in [0.05, 0.1) is 17.2 Å². The lowest BCUT2D eigenvalue weighted by atomic mass is 9.98. The molecule has 0 aliphatic carbocycles. The maximum absolute atomic E-state index is 9.76. The third-order valence-corrected chi connectivity index (χ3v) is 3.40. The molecule has 0 bridgehead atoms. The number of nitrogens with zero attached hydrogens (tertiary/aromatic N) is 1. The van der Waals surface area contributed by atoms with Crippen molar-refractivity contribution in [2.24, 2.45) is 0 Å². The summed E-state index contributed by atoms with van der Waals surface area (Å²) in [5.41, 5.74) is 1.65. The maximum Gasteiger partial charge on any atom is 0.130 e. The Bertz CT molecular complexity index is 561. The summed E-state index contributed by atoms with van der Waals surface area (Å²) in [7, 11) is 0. The van der Waals surface area contributed by atoms with Crippen LogP contribution in [0.25, 0.3) is 10.9 Å². The Labute approximate surface area is 108 Å². The Kier molecular flexibility index (Phi) is 3.26. The van der Waals surface area contributed by atoms with E-state index in [2.05, 4.69) is 22.4 Å². The number of pyridine rings is 1. The van der Waals surface area contributed by atoms with E-state index >= 15 is 0 Å². The number of benzene rings is 1. The summed E-state index contributed by atoms with van der Waals surface area (Å²) in [6.07, 6.45) is -0.454. The van der Waals surface area contributed by atoms with Crippen molar-refractivity contribution in [3.05, 3.63) is 35.9 Å². The van der Waals surface area contributed by atoms with E-state index in [0.717, 1.165) is 22.3 Å². The lowest BCUT2D eigenvalue weighted by Gasteiger charge is -2.30. The second kappa shape index (κ2) is 4.58. The Morgan fingerprint density at radius 1 is 1.28 bits per heavy atom. The summed E-state index contributed by atoms with van der Waals surface area (Å²) in [5.74, 6) is 0.833. The zero-order chi connectivity index (χ0) is 13.3. The molecule has 2 N–H and O–H groups in total. The van der Waals surface area contributed by atoms with Gasteiger partial charge in [0.1, 0.15) is 5.82 Å². The van der Waals surface area contributed by atoms with E-state index in [4.69, 9.17) is 0 Å². The number of para-hydroxylation sites is 1. The number of aryl methyl sites for hydroxylation is 1. The molecule has 3 heteroatoms. The first kappa shape index (κ1) is 12.8. The van der Waals surface area contributed by atoms with Crippen molar-refractivity contribution in [2.75, 3.05) is 5.32 Å².